The van der Waals surface area contributed by atoms with Gasteiger partial charge in [-0.1, -0.05) is 0 Å². The Hall–Kier alpha value is 0.0670. The Morgan fingerprint density at radius 1 is 1.05 bits per heavy atom. The molecule has 5 heteroatoms. The number of rotatable bonds is 8. The minimum atomic E-state index is -1.85. The molecular weight excluding hydrogens is 496 g/mol. The minimum Gasteiger partial charge on any atom is -0.147 e. The molecule has 121 valence electrons. The van der Waals surface area contributed by atoms with E-state index in [0.717, 1.165) is 13.1 Å². The topological polar surface area (TPSA) is 3.24 Å². The molecule has 0 saturated carbocycles. The van der Waals surface area contributed by atoms with Gasteiger partial charge in [-0.15, -0.1) is 24.8 Å². The maximum absolute atomic E-state index is 3.94. The zero-order valence-electron chi connectivity index (χ0n) is 13.2. The molecule has 0 aliphatic heterocycles. The minimum absolute atomic E-state index is 0. The van der Waals surface area contributed by atoms with Crippen LogP contribution in [-0.4, -0.2) is 23.8 Å². The van der Waals surface area contributed by atoms with Crippen molar-refractivity contribution in [3.63, 3.8) is 0 Å². The molecule has 0 aromatic carbocycles. The first-order valence-corrected chi connectivity index (χ1v) is 19.4. The summed E-state index contributed by atoms with van der Waals surface area (Å²) in [5.74, 6) is 0. The predicted molar refractivity (Wildman–Crippen MR) is 103 cm³/mol. The quantitative estimate of drug-likeness (QED) is 0.332. The summed E-state index contributed by atoms with van der Waals surface area (Å²) in [5.41, 5.74) is 0. The van der Waals surface area contributed by atoms with E-state index < -0.39 is 26.8 Å². The van der Waals surface area contributed by atoms with Gasteiger partial charge in [0, 0.05) is 0 Å². The normalized spacial score (nSPS) is 16.5. The van der Waals surface area contributed by atoms with E-state index in [0.29, 0.717) is 0 Å². The van der Waals surface area contributed by atoms with E-state index in [2.05, 4.69) is 72.9 Å². The van der Waals surface area contributed by atoms with Crippen molar-refractivity contribution < 1.29 is 20.6 Å². The maximum atomic E-state index is 3.94. The van der Waals surface area contributed by atoms with Crippen LogP contribution in [0.3, 0.4) is 0 Å². The molecule has 2 aliphatic rings. The molecule has 0 aromatic rings. The van der Waals surface area contributed by atoms with Crippen LogP contribution in [0.1, 0.15) is 12.8 Å². The fraction of sp³-hybridized carbons (Fsp3) is 0.294. The third kappa shape index (κ3) is 5.61. The molecule has 0 spiro atoms. The molecule has 1 nitrogen and oxygen atoms in total. The van der Waals surface area contributed by atoms with Crippen molar-refractivity contribution in [2.75, 3.05) is 13.1 Å². The Labute approximate surface area is 156 Å². The van der Waals surface area contributed by atoms with Gasteiger partial charge in [-0.25, -0.2) is 0 Å². The number of hydrogen-bond acceptors (Lipinski definition) is 1. The SMILES string of the molecule is C=CCN(CC=C)[SiH](C)[Hf]([C]1=CC=CC1)[C]1=CC=CC1.Cl.Cl. The van der Waals surface area contributed by atoms with Gasteiger partial charge in [-0.05, 0) is 0 Å². The molecule has 0 fully saturated rings. The second-order valence-electron chi connectivity index (χ2n) is 5.27. The van der Waals surface area contributed by atoms with Crippen molar-refractivity contribution in [1.29, 1.82) is 0 Å². The first kappa shape index (κ1) is 22.1. The fourth-order valence-electron chi connectivity index (χ4n) is 2.94. The van der Waals surface area contributed by atoms with Crippen molar-refractivity contribution in [2.45, 2.75) is 19.4 Å². The van der Waals surface area contributed by atoms with Gasteiger partial charge in [0.2, 0.25) is 0 Å². The first-order valence-electron chi connectivity index (χ1n) is 7.32. The Bertz CT molecular complexity index is 457. The van der Waals surface area contributed by atoms with Crippen molar-refractivity contribution in [3.8, 4) is 0 Å². The van der Waals surface area contributed by atoms with Crippen LogP contribution in [-0.2, 0) is 20.6 Å². The molecule has 0 saturated heterocycles. The molecule has 1 unspecified atom stereocenters. The van der Waals surface area contributed by atoms with Crippen LogP contribution >= 0.6 is 24.8 Å². The van der Waals surface area contributed by atoms with Gasteiger partial charge in [0.05, 0.1) is 0 Å². The molecule has 0 N–H and O–H groups in total. The average molecular weight is 522 g/mol. The van der Waals surface area contributed by atoms with E-state index in [1.54, 1.807) is 0 Å². The molecule has 2 aliphatic carbocycles. The smallest absolute Gasteiger partial charge is 0.147 e. The average Bonchev–Trinajstić information content (AvgIpc) is 3.12. The zero-order chi connectivity index (χ0) is 14.4. The Balaban J connectivity index is 0.00000220. The molecule has 0 amide bonds. The van der Waals surface area contributed by atoms with Gasteiger partial charge in [0.1, 0.15) is 0 Å². The molecule has 0 aromatic heterocycles. The maximum Gasteiger partial charge on any atom is -0.147 e. The van der Waals surface area contributed by atoms with Gasteiger partial charge in [-0.3, -0.25) is 0 Å². The van der Waals surface area contributed by atoms with Crippen molar-refractivity contribution >= 4 is 31.0 Å². The van der Waals surface area contributed by atoms with Gasteiger partial charge in [0.25, 0.3) is 0 Å². The predicted octanol–water partition coefficient (Wildman–Crippen LogP) is 4.66. The van der Waals surface area contributed by atoms with Crippen LogP contribution in [0, 0.1) is 0 Å². The first-order chi connectivity index (χ1) is 9.77. The van der Waals surface area contributed by atoms with E-state index in [-0.39, 0.29) is 24.8 Å². The molecule has 0 heterocycles. The van der Waals surface area contributed by atoms with Gasteiger partial charge in [-0.2, -0.15) is 0 Å². The summed E-state index contributed by atoms with van der Waals surface area (Å²) >= 11 is -1.85. The number of nitrogens with zero attached hydrogens (tertiary/aromatic N) is 1. The van der Waals surface area contributed by atoms with Gasteiger partial charge >= 0.3 is 132 Å². The van der Waals surface area contributed by atoms with Crippen LogP contribution < -0.4 is 0 Å². The van der Waals surface area contributed by atoms with E-state index in [9.17, 15) is 0 Å². The van der Waals surface area contributed by atoms with E-state index in [1.807, 2.05) is 6.66 Å². The second kappa shape index (κ2) is 11.6. The van der Waals surface area contributed by atoms with Crippen LogP contribution in [0.2, 0.25) is 6.55 Å². The second-order valence-corrected chi connectivity index (χ2v) is 28.7. The number of hydrogen-bond donors (Lipinski definition) is 0. The Morgan fingerprint density at radius 2 is 1.50 bits per heavy atom. The van der Waals surface area contributed by atoms with Crippen molar-refractivity contribution in [2.24, 2.45) is 0 Å². The largest absolute Gasteiger partial charge is 0.147 e. The van der Waals surface area contributed by atoms with E-state index >= 15 is 0 Å². The third-order valence-electron chi connectivity index (χ3n) is 3.93. The van der Waals surface area contributed by atoms with Gasteiger partial charge < -0.3 is 0 Å². The molecular formula is C17H26Cl2HfNSi. The van der Waals surface area contributed by atoms with Crippen LogP contribution in [0.4, 0.5) is 0 Å². The molecule has 22 heavy (non-hydrogen) atoms. The Kier molecular flexibility index (Phi) is 11.6. The fourth-order valence-corrected chi connectivity index (χ4v) is 32.5. The molecule has 1 atom stereocenters. The summed E-state index contributed by atoms with van der Waals surface area (Å²) in [6, 6.07) is 0. The van der Waals surface area contributed by atoms with Crippen LogP contribution in [0.15, 0.2) is 68.4 Å². The van der Waals surface area contributed by atoms with Crippen LogP contribution in [0.25, 0.3) is 0 Å². The monoisotopic (exact) mass is 522 g/mol. The van der Waals surface area contributed by atoms with E-state index in [4.69, 9.17) is 0 Å². The number of allylic oxidation sites excluding steroid dienone is 8. The summed E-state index contributed by atoms with van der Waals surface area (Å²) in [7, 11) is 0. The number of halogens is 2. The van der Waals surface area contributed by atoms with Crippen molar-refractivity contribution in [3.05, 3.63) is 68.4 Å². The summed E-state index contributed by atoms with van der Waals surface area (Å²) in [4.78, 5) is 0. The summed E-state index contributed by atoms with van der Waals surface area (Å²) < 4.78 is 6.30. The zero-order valence-corrected chi connectivity index (χ0v) is 19.6. The molecule has 2 rings (SSSR count). The van der Waals surface area contributed by atoms with Gasteiger partial charge in [0.15, 0.2) is 0 Å². The van der Waals surface area contributed by atoms with Crippen LogP contribution in [0.5, 0.6) is 0 Å². The third-order valence-corrected chi connectivity index (χ3v) is 32.9. The summed E-state index contributed by atoms with van der Waals surface area (Å²) in [6.07, 6.45) is 19.7. The Morgan fingerprint density at radius 3 is 1.82 bits per heavy atom. The van der Waals surface area contributed by atoms with E-state index in [1.165, 1.54) is 12.8 Å². The summed E-state index contributed by atoms with van der Waals surface area (Å²) in [6.45, 7) is 12.5. The molecule has 0 bridgehead atoms. The van der Waals surface area contributed by atoms with Crippen molar-refractivity contribution in [1.82, 2.24) is 4.57 Å². The standard InChI is InChI=1S/C7H14NSi.2C5H5.2ClH.Hf/c1-4-6-8(9-3)7-5-2;2*1-2-4-5-3-1;;;/h4-5,9H,1-2,6-7H2,3H3;2*1-3H,4H2;2*1H;. The summed E-state index contributed by atoms with van der Waals surface area (Å²) in [5, 5.41) is 0. The molecule has 0 radical (unpaired) electrons.